The highest BCUT2D eigenvalue weighted by molar-refractivity contribution is 8.93. The summed E-state index contributed by atoms with van der Waals surface area (Å²) in [6, 6.07) is 0. The van der Waals surface area contributed by atoms with E-state index in [2.05, 4.69) is 13.8 Å². The SMILES string of the molecule is Br.[CH2]CCCCCCC. The van der Waals surface area contributed by atoms with E-state index in [4.69, 9.17) is 0 Å². The standard InChI is InChI=1S/C8H17.BrH/c1-3-5-7-8-6-4-2;/h1,3-8H2,2H3;1H. The predicted molar refractivity (Wildman–Crippen MR) is 49.1 cm³/mol. The first kappa shape index (κ1) is 12.2. The average Bonchev–Trinajstić information content (AvgIpc) is 1.81. The molecule has 0 aromatic rings. The van der Waals surface area contributed by atoms with Gasteiger partial charge in [-0.25, -0.2) is 0 Å². The quantitative estimate of drug-likeness (QED) is 0.584. The van der Waals surface area contributed by atoms with Crippen LogP contribution in [0.3, 0.4) is 0 Å². The molecule has 0 nitrogen and oxygen atoms in total. The van der Waals surface area contributed by atoms with Crippen LogP contribution in [0.4, 0.5) is 0 Å². The minimum Gasteiger partial charge on any atom is -0.114 e. The van der Waals surface area contributed by atoms with Crippen LogP contribution in [0.25, 0.3) is 0 Å². The Morgan fingerprint density at radius 2 is 1.56 bits per heavy atom. The van der Waals surface area contributed by atoms with Crippen LogP contribution in [0.1, 0.15) is 45.4 Å². The largest absolute Gasteiger partial charge is 0.114 e. The van der Waals surface area contributed by atoms with E-state index in [9.17, 15) is 0 Å². The average molecular weight is 194 g/mol. The molecular weight excluding hydrogens is 176 g/mol. The van der Waals surface area contributed by atoms with Gasteiger partial charge in [-0.15, -0.1) is 17.0 Å². The fraction of sp³-hybridized carbons (Fsp3) is 0.875. The summed E-state index contributed by atoms with van der Waals surface area (Å²) in [5, 5.41) is 0. The van der Waals surface area contributed by atoms with Crippen molar-refractivity contribution in [2.45, 2.75) is 45.4 Å². The fourth-order valence-corrected chi connectivity index (χ4v) is 0.780. The normalized spacial score (nSPS) is 8.67. The van der Waals surface area contributed by atoms with Crippen LogP contribution in [-0.4, -0.2) is 0 Å². The van der Waals surface area contributed by atoms with Crippen molar-refractivity contribution >= 4 is 17.0 Å². The second-order valence-corrected chi connectivity index (χ2v) is 2.27. The zero-order valence-electron chi connectivity index (χ0n) is 6.36. The molecule has 0 aromatic heterocycles. The molecule has 1 heteroatoms. The summed E-state index contributed by atoms with van der Waals surface area (Å²) < 4.78 is 0. The Morgan fingerprint density at radius 1 is 1.00 bits per heavy atom. The van der Waals surface area contributed by atoms with Crippen molar-refractivity contribution in [3.8, 4) is 0 Å². The topological polar surface area (TPSA) is 0 Å². The Kier molecular flexibility index (Phi) is 15.3. The molecule has 0 saturated carbocycles. The van der Waals surface area contributed by atoms with Crippen molar-refractivity contribution in [3.63, 3.8) is 0 Å². The van der Waals surface area contributed by atoms with Crippen LogP contribution >= 0.6 is 17.0 Å². The molecule has 57 valence electrons. The van der Waals surface area contributed by atoms with Crippen molar-refractivity contribution in [2.24, 2.45) is 0 Å². The first-order valence-corrected chi connectivity index (χ1v) is 3.71. The van der Waals surface area contributed by atoms with Gasteiger partial charge < -0.3 is 0 Å². The number of unbranched alkanes of at least 4 members (excludes halogenated alkanes) is 5. The third-order valence-electron chi connectivity index (χ3n) is 1.35. The summed E-state index contributed by atoms with van der Waals surface area (Å²) in [5.41, 5.74) is 0. The van der Waals surface area contributed by atoms with Crippen LogP contribution in [0.5, 0.6) is 0 Å². The lowest BCUT2D eigenvalue weighted by molar-refractivity contribution is 0.637. The Bertz CT molecular complexity index is 29.5. The van der Waals surface area contributed by atoms with Crippen LogP contribution in [-0.2, 0) is 0 Å². The number of hydrogen-bond donors (Lipinski definition) is 0. The summed E-state index contributed by atoms with van der Waals surface area (Å²) in [6.07, 6.45) is 7.98. The zero-order chi connectivity index (χ0) is 6.24. The molecule has 0 atom stereocenters. The molecule has 0 N–H and O–H groups in total. The summed E-state index contributed by atoms with van der Waals surface area (Å²) >= 11 is 0. The smallest absolute Gasteiger partial charge is 0.0533 e. The zero-order valence-corrected chi connectivity index (χ0v) is 8.07. The molecule has 0 saturated heterocycles. The summed E-state index contributed by atoms with van der Waals surface area (Å²) in [7, 11) is 0. The van der Waals surface area contributed by atoms with Crippen LogP contribution < -0.4 is 0 Å². The van der Waals surface area contributed by atoms with Gasteiger partial charge >= 0.3 is 0 Å². The number of hydrogen-bond acceptors (Lipinski definition) is 0. The predicted octanol–water partition coefficient (Wildman–Crippen LogP) is 3.76. The minimum atomic E-state index is 0. The second kappa shape index (κ2) is 11.3. The highest BCUT2D eigenvalue weighted by Crippen LogP contribution is 2.03. The molecule has 0 aromatic carbocycles. The van der Waals surface area contributed by atoms with Gasteiger partial charge in [-0.3, -0.25) is 0 Å². The molecule has 0 aliphatic rings. The molecule has 9 heavy (non-hydrogen) atoms. The van der Waals surface area contributed by atoms with E-state index in [1.54, 1.807) is 0 Å². The van der Waals surface area contributed by atoms with Crippen molar-refractivity contribution in [3.05, 3.63) is 6.92 Å². The molecule has 0 spiro atoms. The lowest BCUT2D eigenvalue weighted by Crippen LogP contribution is -1.74. The van der Waals surface area contributed by atoms with Gasteiger partial charge in [-0.2, -0.15) is 0 Å². The Hall–Kier alpha value is 0.480. The van der Waals surface area contributed by atoms with Gasteiger partial charge in [0.15, 0.2) is 0 Å². The maximum Gasteiger partial charge on any atom is -0.0533 e. The van der Waals surface area contributed by atoms with E-state index >= 15 is 0 Å². The van der Waals surface area contributed by atoms with Crippen molar-refractivity contribution in [2.75, 3.05) is 0 Å². The van der Waals surface area contributed by atoms with Gasteiger partial charge in [-0.05, 0) is 0 Å². The van der Waals surface area contributed by atoms with Crippen LogP contribution in [0.2, 0.25) is 0 Å². The lowest BCUT2D eigenvalue weighted by atomic mass is 10.1. The van der Waals surface area contributed by atoms with E-state index in [1.807, 2.05) is 0 Å². The summed E-state index contributed by atoms with van der Waals surface area (Å²) in [6.45, 7) is 6.02. The molecule has 0 heterocycles. The third kappa shape index (κ3) is 11.9. The lowest BCUT2D eigenvalue weighted by Gasteiger charge is -1.93. The van der Waals surface area contributed by atoms with Gasteiger partial charge in [0.25, 0.3) is 0 Å². The second-order valence-electron chi connectivity index (χ2n) is 2.27. The molecular formula is C8H18Br. The van der Waals surface area contributed by atoms with E-state index in [0.29, 0.717) is 0 Å². The summed E-state index contributed by atoms with van der Waals surface area (Å²) in [5.74, 6) is 0. The van der Waals surface area contributed by atoms with Gasteiger partial charge in [0.1, 0.15) is 0 Å². The fourth-order valence-electron chi connectivity index (χ4n) is 0.780. The summed E-state index contributed by atoms with van der Waals surface area (Å²) in [4.78, 5) is 0. The van der Waals surface area contributed by atoms with Crippen molar-refractivity contribution in [1.82, 2.24) is 0 Å². The monoisotopic (exact) mass is 193 g/mol. The van der Waals surface area contributed by atoms with E-state index in [1.165, 1.54) is 32.1 Å². The van der Waals surface area contributed by atoms with E-state index < -0.39 is 0 Å². The maximum absolute atomic E-state index is 3.78. The highest BCUT2D eigenvalue weighted by Gasteiger charge is 1.83. The highest BCUT2D eigenvalue weighted by atomic mass is 79.9. The molecule has 0 rings (SSSR count). The number of rotatable bonds is 5. The van der Waals surface area contributed by atoms with Gasteiger partial charge in [0.2, 0.25) is 0 Å². The molecule has 0 amide bonds. The molecule has 0 unspecified atom stereocenters. The minimum absolute atomic E-state index is 0. The first-order valence-electron chi connectivity index (χ1n) is 3.71. The van der Waals surface area contributed by atoms with Gasteiger partial charge in [0, 0.05) is 0 Å². The molecule has 1 radical (unpaired) electrons. The Balaban J connectivity index is 0. The molecule has 0 aliphatic carbocycles. The first-order chi connectivity index (χ1) is 3.91. The van der Waals surface area contributed by atoms with Crippen molar-refractivity contribution in [1.29, 1.82) is 0 Å². The van der Waals surface area contributed by atoms with E-state index in [-0.39, 0.29) is 17.0 Å². The molecule has 0 bridgehead atoms. The van der Waals surface area contributed by atoms with Crippen LogP contribution in [0.15, 0.2) is 0 Å². The van der Waals surface area contributed by atoms with Crippen LogP contribution in [0, 0.1) is 6.92 Å². The van der Waals surface area contributed by atoms with Gasteiger partial charge in [0.05, 0.1) is 0 Å². The third-order valence-corrected chi connectivity index (χ3v) is 1.35. The van der Waals surface area contributed by atoms with Gasteiger partial charge in [-0.1, -0.05) is 52.4 Å². The number of halogens is 1. The van der Waals surface area contributed by atoms with Crippen molar-refractivity contribution < 1.29 is 0 Å². The Labute approximate surface area is 69.8 Å². The molecule has 0 fully saturated rings. The maximum atomic E-state index is 3.78. The van der Waals surface area contributed by atoms with E-state index in [0.717, 1.165) is 6.42 Å². The Morgan fingerprint density at radius 3 is 2.00 bits per heavy atom. The molecule has 0 aliphatic heterocycles.